The van der Waals surface area contributed by atoms with Crippen molar-refractivity contribution in [2.45, 2.75) is 32.2 Å². The Morgan fingerprint density at radius 1 is 1.15 bits per heavy atom. The first-order chi connectivity index (χ1) is 13.2. The van der Waals surface area contributed by atoms with E-state index in [-0.39, 0.29) is 5.56 Å². The van der Waals surface area contributed by atoms with Gasteiger partial charge in [0, 0.05) is 43.9 Å². The number of fused-ring (bicyclic) bond motifs is 1. The van der Waals surface area contributed by atoms with Crippen LogP contribution in [0, 0.1) is 5.82 Å². The molecule has 3 heterocycles. The highest BCUT2D eigenvalue weighted by atomic mass is 19.1. The normalized spacial score (nSPS) is 13.2. The van der Waals surface area contributed by atoms with Crippen LogP contribution in [0.15, 0.2) is 36.9 Å². The number of hydrogen-bond donors (Lipinski definition) is 1. The number of benzene rings is 1. The number of hydrogen-bond acceptors (Lipinski definition) is 5. The fourth-order valence-electron chi connectivity index (χ4n) is 3.26. The van der Waals surface area contributed by atoms with Crippen molar-refractivity contribution in [2.24, 2.45) is 0 Å². The van der Waals surface area contributed by atoms with Crippen LogP contribution in [0.1, 0.15) is 34.8 Å². The van der Waals surface area contributed by atoms with Crippen LogP contribution in [-0.4, -0.2) is 37.2 Å². The molecule has 1 aliphatic heterocycles. The van der Waals surface area contributed by atoms with Crippen molar-refractivity contribution in [3.63, 3.8) is 0 Å². The molecule has 1 aliphatic rings. The fraction of sp³-hybridized carbons (Fsp3) is 0.316. The van der Waals surface area contributed by atoms with Gasteiger partial charge in [-0.2, -0.15) is 0 Å². The summed E-state index contributed by atoms with van der Waals surface area (Å²) in [5.41, 5.74) is 1.33. The Morgan fingerprint density at radius 2 is 2.00 bits per heavy atom. The predicted molar refractivity (Wildman–Crippen MR) is 96.4 cm³/mol. The molecule has 1 aromatic carbocycles. The van der Waals surface area contributed by atoms with Gasteiger partial charge in [-0.25, -0.2) is 14.4 Å². The van der Waals surface area contributed by atoms with Gasteiger partial charge in [-0.1, -0.05) is 6.07 Å². The molecule has 0 radical (unpaired) electrons. The van der Waals surface area contributed by atoms with Crippen LogP contribution in [0.2, 0.25) is 0 Å². The highest BCUT2D eigenvalue weighted by molar-refractivity contribution is 5.95. The van der Waals surface area contributed by atoms with Gasteiger partial charge in [0.25, 0.3) is 5.91 Å². The van der Waals surface area contributed by atoms with Gasteiger partial charge in [-0.15, -0.1) is 10.2 Å². The molecule has 1 amide bonds. The smallest absolute Gasteiger partial charge is 0.254 e. The lowest BCUT2D eigenvalue weighted by Gasteiger charge is -2.14. The van der Waals surface area contributed by atoms with E-state index in [4.69, 9.17) is 0 Å². The number of carbonyl (C=O) groups excluding carboxylic acids is 1. The van der Waals surface area contributed by atoms with Crippen molar-refractivity contribution in [3.8, 4) is 11.1 Å². The second-order valence-electron chi connectivity index (χ2n) is 6.47. The lowest BCUT2D eigenvalue weighted by atomic mass is 10.1. The van der Waals surface area contributed by atoms with Gasteiger partial charge >= 0.3 is 0 Å². The molecule has 2 aromatic heterocycles. The highest BCUT2D eigenvalue weighted by Crippen LogP contribution is 2.20. The molecule has 7 nitrogen and oxygen atoms in total. The number of nitrogens with one attached hydrogen (secondary N) is 1. The maximum absolute atomic E-state index is 14.4. The summed E-state index contributed by atoms with van der Waals surface area (Å²) in [6.45, 7) is 1.30. The van der Waals surface area contributed by atoms with E-state index in [0.29, 0.717) is 24.1 Å². The Morgan fingerprint density at radius 3 is 2.81 bits per heavy atom. The molecule has 0 aliphatic carbocycles. The Hall–Kier alpha value is -3.16. The number of aromatic nitrogens is 5. The van der Waals surface area contributed by atoms with Crippen LogP contribution in [0.25, 0.3) is 11.1 Å². The third kappa shape index (κ3) is 3.69. The third-order valence-electron chi connectivity index (χ3n) is 4.68. The monoisotopic (exact) mass is 366 g/mol. The molecule has 0 unspecified atom stereocenters. The molecular weight excluding hydrogens is 347 g/mol. The van der Waals surface area contributed by atoms with Crippen molar-refractivity contribution in [3.05, 3.63) is 59.9 Å². The van der Waals surface area contributed by atoms with Crippen molar-refractivity contribution < 1.29 is 9.18 Å². The Bertz CT molecular complexity index is 956. The van der Waals surface area contributed by atoms with E-state index in [1.807, 2.05) is 0 Å². The van der Waals surface area contributed by atoms with E-state index in [2.05, 4.69) is 30.0 Å². The van der Waals surface area contributed by atoms with Gasteiger partial charge in [0.1, 0.15) is 23.8 Å². The van der Waals surface area contributed by atoms with Gasteiger partial charge in [0.15, 0.2) is 0 Å². The van der Waals surface area contributed by atoms with Crippen molar-refractivity contribution in [1.82, 2.24) is 30.0 Å². The van der Waals surface area contributed by atoms with Gasteiger partial charge in [0.2, 0.25) is 0 Å². The van der Waals surface area contributed by atoms with Crippen LogP contribution in [-0.2, 0) is 19.4 Å². The number of nitrogens with zero attached hydrogens (tertiary/aromatic N) is 5. The Labute approximate surface area is 155 Å². The van der Waals surface area contributed by atoms with Crippen LogP contribution in [0.4, 0.5) is 4.39 Å². The van der Waals surface area contributed by atoms with Crippen LogP contribution < -0.4 is 5.32 Å². The molecule has 0 saturated heterocycles. The van der Waals surface area contributed by atoms with Gasteiger partial charge in [-0.05, 0) is 30.5 Å². The molecule has 138 valence electrons. The minimum Gasteiger partial charge on any atom is -0.351 e. The second kappa shape index (κ2) is 7.61. The summed E-state index contributed by atoms with van der Waals surface area (Å²) in [5, 5.41) is 11.2. The molecule has 0 fully saturated rings. The van der Waals surface area contributed by atoms with Crippen LogP contribution >= 0.6 is 0 Å². The van der Waals surface area contributed by atoms with Crippen LogP contribution in [0.3, 0.4) is 0 Å². The number of halogens is 1. The molecule has 4 rings (SSSR count). The third-order valence-corrected chi connectivity index (χ3v) is 4.68. The topological polar surface area (TPSA) is 85.6 Å². The summed E-state index contributed by atoms with van der Waals surface area (Å²) in [5.74, 6) is 0.856. The summed E-state index contributed by atoms with van der Waals surface area (Å²) in [4.78, 5) is 20.1. The first kappa shape index (κ1) is 17.3. The van der Waals surface area contributed by atoms with E-state index in [0.717, 1.165) is 37.5 Å². The molecule has 0 atom stereocenters. The summed E-state index contributed by atoms with van der Waals surface area (Å²) in [6.07, 6.45) is 8.38. The first-order valence-electron chi connectivity index (χ1n) is 8.96. The Kier molecular flexibility index (Phi) is 4.86. The van der Waals surface area contributed by atoms with Crippen molar-refractivity contribution >= 4 is 5.91 Å². The predicted octanol–water partition coefficient (Wildman–Crippen LogP) is 2.18. The lowest BCUT2D eigenvalue weighted by Crippen LogP contribution is -2.27. The first-order valence-corrected chi connectivity index (χ1v) is 8.96. The summed E-state index contributed by atoms with van der Waals surface area (Å²) >= 11 is 0. The maximum Gasteiger partial charge on any atom is 0.254 e. The van der Waals surface area contributed by atoms with Crippen LogP contribution in [0.5, 0.6) is 0 Å². The number of carbonyl (C=O) groups is 1. The zero-order chi connectivity index (χ0) is 18.6. The highest BCUT2D eigenvalue weighted by Gasteiger charge is 2.16. The van der Waals surface area contributed by atoms with E-state index in [1.54, 1.807) is 18.5 Å². The fourth-order valence-corrected chi connectivity index (χ4v) is 3.26. The van der Waals surface area contributed by atoms with Gasteiger partial charge in [0.05, 0.1) is 5.56 Å². The Balaban J connectivity index is 1.39. The lowest BCUT2D eigenvalue weighted by molar-refractivity contribution is 0.0950. The zero-order valence-corrected chi connectivity index (χ0v) is 14.7. The van der Waals surface area contributed by atoms with Gasteiger partial charge in [-0.3, -0.25) is 4.79 Å². The van der Waals surface area contributed by atoms with E-state index >= 15 is 0 Å². The average molecular weight is 366 g/mol. The minimum absolute atomic E-state index is 0.0128. The van der Waals surface area contributed by atoms with Crippen molar-refractivity contribution in [1.29, 1.82) is 0 Å². The molecule has 0 spiro atoms. The standard InChI is InChI=1S/C19H19FN6O/c20-16-9-13(14-10-21-12-22-11-14)4-5-15(16)19(27)23-7-6-18-25-24-17-3-1-2-8-26(17)18/h4-5,9-12H,1-3,6-8H2,(H,23,27). The number of aryl methyl sites for hydroxylation is 1. The summed E-state index contributed by atoms with van der Waals surface area (Å²) < 4.78 is 16.5. The summed E-state index contributed by atoms with van der Waals surface area (Å²) in [7, 11) is 0. The molecular formula is C19H19FN6O. The zero-order valence-electron chi connectivity index (χ0n) is 14.7. The SMILES string of the molecule is O=C(NCCc1nnc2n1CCCC2)c1ccc(-c2cncnc2)cc1F. The molecule has 8 heteroatoms. The maximum atomic E-state index is 14.4. The molecule has 27 heavy (non-hydrogen) atoms. The van der Waals surface area contributed by atoms with E-state index in [1.165, 1.54) is 18.5 Å². The quantitative estimate of drug-likeness (QED) is 0.748. The minimum atomic E-state index is -0.575. The molecule has 1 N–H and O–H groups in total. The largest absolute Gasteiger partial charge is 0.351 e. The summed E-state index contributed by atoms with van der Waals surface area (Å²) in [6, 6.07) is 4.49. The average Bonchev–Trinajstić information content (AvgIpc) is 3.12. The van der Waals surface area contributed by atoms with Gasteiger partial charge < -0.3 is 9.88 Å². The van der Waals surface area contributed by atoms with E-state index in [9.17, 15) is 9.18 Å². The molecule has 3 aromatic rings. The molecule has 0 bridgehead atoms. The van der Waals surface area contributed by atoms with Crippen molar-refractivity contribution in [2.75, 3.05) is 6.54 Å². The number of rotatable bonds is 5. The second-order valence-corrected chi connectivity index (χ2v) is 6.47. The van der Waals surface area contributed by atoms with E-state index < -0.39 is 11.7 Å². The number of amides is 1. The molecule has 0 saturated carbocycles.